The monoisotopic (exact) mass is 201 g/mol. The van der Waals surface area contributed by atoms with Crippen LogP contribution in [0.15, 0.2) is 0 Å². The third-order valence-corrected chi connectivity index (χ3v) is 1.88. The average molecular weight is 201 g/mol. The van der Waals surface area contributed by atoms with Crippen LogP contribution >= 0.6 is 0 Å². The van der Waals surface area contributed by atoms with Gasteiger partial charge in [0.15, 0.2) is 0 Å². The van der Waals surface area contributed by atoms with Gasteiger partial charge in [0.25, 0.3) is 0 Å². The van der Waals surface area contributed by atoms with Gasteiger partial charge in [-0.3, -0.25) is 0 Å². The Hall–Kier alpha value is -0.0800. The molecule has 86 valence electrons. The summed E-state index contributed by atoms with van der Waals surface area (Å²) in [6, 6.07) is 0. The lowest BCUT2D eigenvalue weighted by molar-refractivity contribution is 0.0215. The van der Waals surface area contributed by atoms with Gasteiger partial charge in [0.1, 0.15) is 0 Å². The van der Waals surface area contributed by atoms with Crippen LogP contribution < -0.4 is 5.32 Å². The highest BCUT2D eigenvalue weighted by molar-refractivity contribution is 4.71. The Bertz CT molecular complexity index is 147. The lowest BCUT2D eigenvalue weighted by atomic mass is 9.94. The van der Waals surface area contributed by atoms with Crippen molar-refractivity contribution in [2.24, 2.45) is 10.8 Å². The Balaban J connectivity index is 3.65. The fraction of sp³-hybridized carbons (Fsp3) is 1.00. The van der Waals surface area contributed by atoms with Crippen LogP contribution in [0, 0.1) is 10.8 Å². The minimum absolute atomic E-state index is 0.237. The Morgan fingerprint density at radius 3 is 2.00 bits per heavy atom. The van der Waals surface area contributed by atoms with E-state index in [9.17, 15) is 0 Å². The molecular formula is C12H27NO. The Morgan fingerprint density at radius 1 is 1.00 bits per heavy atom. The van der Waals surface area contributed by atoms with E-state index in [1.54, 1.807) is 0 Å². The normalized spacial score (nSPS) is 13.3. The predicted molar refractivity (Wildman–Crippen MR) is 62.6 cm³/mol. The maximum absolute atomic E-state index is 5.72. The molecule has 0 unspecified atom stereocenters. The van der Waals surface area contributed by atoms with Crippen molar-refractivity contribution in [3.8, 4) is 0 Å². The van der Waals surface area contributed by atoms with Crippen LogP contribution in [0.1, 0.15) is 41.5 Å². The highest BCUT2D eigenvalue weighted by atomic mass is 16.5. The molecule has 0 aliphatic carbocycles. The van der Waals surface area contributed by atoms with Crippen molar-refractivity contribution in [3.05, 3.63) is 0 Å². The minimum Gasteiger partial charge on any atom is -0.380 e. The molecule has 0 spiro atoms. The molecule has 0 radical (unpaired) electrons. The van der Waals surface area contributed by atoms with E-state index in [-0.39, 0.29) is 10.8 Å². The van der Waals surface area contributed by atoms with E-state index in [2.05, 4.69) is 46.9 Å². The number of hydrogen-bond donors (Lipinski definition) is 1. The number of hydrogen-bond acceptors (Lipinski definition) is 2. The molecule has 2 nitrogen and oxygen atoms in total. The minimum atomic E-state index is 0.237. The molecule has 2 heteroatoms. The van der Waals surface area contributed by atoms with Gasteiger partial charge >= 0.3 is 0 Å². The molecule has 0 aromatic carbocycles. The van der Waals surface area contributed by atoms with E-state index in [1.165, 1.54) is 0 Å². The third-order valence-electron chi connectivity index (χ3n) is 1.88. The van der Waals surface area contributed by atoms with Gasteiger partial charge in [0, 0.05) is 12.0 Å². The molecule has 0 saturated heterocycles. The van der Waals surface area contributed by atoms with Crippen molar-refractivity contribution < 1.29 is 4.74 Å². The van der Waals surface area contributed by atoms with Gasteiger partial charge in [-0.05, 0) is 12.0 Å². The summed E-state index contributed by atoms with van der Waals surface area (Å²) >= 11 is 0. The molecule has 0 saturated carbocycles. The fourth-order valence-electron chi connectivity index (χ4n) is 1.15. The first-order chi connectivity index (χ1) is 6.27. The highest BCUT2D eigenvalue weighted by Crippen LogP contribution is 2.18. The van der Waals surface area contributed by atoms with Crippen molar-refractivity contribution in [1.29, 1.82) is 0 Å². The molecule has 0 rings (SSSR count). The van der Waals surface area contributed by atoms with Gasteiger partial charge in [-0.2, -0.15) is 0 Å². The van der Waals surface area contributed by atoms with E-state index in [0.29, 0.717) is 0 Å². The van der Waals surface area contributed by atoms with E-state index in [1.807, 2.05) is 0 Å². The first-order valence-corrected chi connectivity index (χ1v) is 5.55. The second-order valence-corrected chi connectivity index (χ2v) is 6.00. The van der Waals surface area contributed by atoms with Crippen LogP contribution in [0.4, 0.5) is 0 Å². The Labute approximate surface area is 89.4 Å². The van der Waals surface area contributed by atoms with Gasteiger partial charge in [-0.1, -0.05) is 41.5 Å². The zero-order chi connectivity index (χ0) is 11.2. The number of rotatable bonds is 6. The van der Waals surface area contributed by atoms with Crippen molar-refractivity contribution in [2.75, 3.05) is 26.3 Å². The largest absolute Gasteiger partial charge is 0.380 e. The highest BCUT2D eigenvalue weighted by Gasteiger charge is 2.19. The average Bonchev–Trinajstić information content (AvgIpc) is 1.98. The topological polar surface area (TPSA) is 21.3 Å². The molecule has 0 amide bonds. The molecule has 14 heavy (non-hydrogen) atoms. The molecule has 0 bridgehead atoms. The summed E-state index contributed by atoms with van der Waals surface area (Å²) in [5.41, 5.74) is 0.509. The standard InChI is InChI=1S/C12H27NO/c1-7-13-8-12(5,6)10-14-9-11(2,3)4/h13H,7-10H2,1-6H3. The Morgan fingerprint density at radius 2 is 1.57 bits per heavy atom. The number of nitrogens with one attached hydrogen (secondary N) is 1. The Kier molecular flexibility index (Phi) is 5.68. The molecule has 0 aromatic heterocycles. The zero-order valence-corrected chi connectivity index (χ0v) is 10.7. The molecular weight excluding hydrogens is 174 g/mol. The van der Waals surface area contributed by atoms with Crippen LogP contribution in [0.25, 0.3) is 0 Å². The third kappa shape index (κ3) is 8.52. The number of ether oxygens (including phenoxy) is 1. The van der Waals surface area contributed by atoms with Crippen LogP contribution in [0.5, 0.6) is 0 Å². The summed E-state index contributed by atoms with van der Waals surface area (Å²) in [4.78, 5) is 0. The summed E-state index contributed by atoms with van der Waals surface area (Å²) in [7, 11) is 0. The summed E-state index contributed by atoms with van der Waals surface area (Å²) in [6.07, 6.45) is 0. The summed E-state index contributed by atoms with van der Waals surface area (Å²) < 4.78 is 5.72. The maximum Gasteiger partial charge on any atom is 0.0529 e. The van der Waals surface area contributed by atoms with Crippen molar-refractivity contribution in [1.82, 2.24) is 5.32 Å². The molecule has 1 N–H and O–H groups in total. The molecule has 0 fully saturated rings. The van der Waals surface area contributed by atoms with Crippen molar-refractivity contribution in [3.63, 3.8) is 0 Å². The second kappa shape index (κ2) is 5.72. The van der Waals surface area contributed by atoms with Gasteiger partial charge in [0.05, 0.1) is 13.2 Å². The van der Waals surface area contributed by atoms with E-state index in [4.69, 9.17) is 4.74 Å². The fourth-order valence-corrected chi connectivity index (χ4v) is 1.15. The van der Waals surface area contributed by atoms with E-state index in [0.717, 1.165) is 26.3 Å². The van der Waals surface area contributed by atoms with Crippen LogP contribution in [-0.2, 0) is 4.74 Å². The SMILES string of the molecule is CCNCC(C)(C)COCC(C)(C)C. The molecule has 0 atom stereocenters. The summed E-state index contributed by atoms with van der Waals surface area (Å²) in [5, 5.41) is 3.36. The maximum atomic E-state index is 5.72. The predicted octanol–water partition coefficient (Wildman–Crippen LogP) is 2.68. The van der Waals surface area contributed by atoms with Gasteiger partial charge in [0.2, 0.25) is 0 Å². The van der Waals surface area contributed by atoms with Crippen molar-refractivity contribution >= 4 is 0 Å². The quantitative estimate of drug-likeness (QED) is 0.713. The lowest BCUT2D eigenvalue weighted by Crippen LogP contribution is -2.34. The van der Waals surface area contributed by atoms with Gasteiger partial charge < -0.3 is 10.1 Å². The molecule has 0 aromatic rings. The van der Waals surface area contributed by atoms with Gasteiger partial charge in [-0.25, -0.2) is 0 Å². The van der Waals surface area contributed by atoms with E-state index < -0.39 is 0 Å². The zero-order valence-electron chi connectivity index (χ0n) is 10.7. The first kappa shape index (κ1) is 13.9. The van der Waals surface area contributed by atoms with Crippen LogP contribution in [0.2, 0.25) is 0 Å². The van der Waals surface area contributed by atoms with Crippen LogP contribution in [0.3, 0.4) is 0 Å². The lowest BCUT2D eigenvalue weighted by Gasteiger charge is -2.27. The summed E-state index contributed by atoms with van der Waals surface area (Å²) in [5.74, 6) is 0. The summed E-state index contributed by atoms with van der Waals surface area (Å²) in [6.45, 7) is 16.9. The molecule has 0 heterocycles. The van der Waals surface area contributed by atoms with Gasteiger partial charge in [-0.15, -0.1) is 0 Å². The van der Waals surface area contributed by atoms with Crippen molar-refractivity contribution in [2.45, 2.75) is 41.5 Å². The molecule has 0 aliphatic rings. The second-order valence-electron chi connectivity index (χ2n) is 6.00. The van der Waals surface area contributed by atoms with Crippen LogP contribution in [-0.4, -0.2) is 26.3 Å². The van der Waals surface area contributed by atoms with E-state index >= 15 is 0 Å². The first-order valence-electron chi connectivity index (χ1n) is 5.55. The molecule has 0 aliphatic heterocycles. The smallest absolute Gasteiger partial charge is 0.0529 e.